The first-order valence-electron chi connectivity index (χ1n) is 7.39. The van der Waals surface area contributed by atoms with Crippen LogP contribution in [0.4, 0.5) is 0 Å². The van der Waals surface area contributed by atoms with Crippen LogP contribution in [0.2, 0.25) is 0 Å². The van der Waals surface area contributed by atoms with Crippen molar-refractivity contribution in [3.05, 3.63) is 0 Å². The average molecular weight is 358 g/mol. The van der Waals surface area contributed by atoms with Gasteiger partial charge in [-0.25, -0.2) is 0 Å². The summed E-state index contributed by atoms with van der Waals surface area (Å²) in [6.07, 6.45) is -8.28. The molecule has 144 valence electrons. The number of rotatable bonds is 11. The standard InChI is InChI=1S/C13H26O11/c14-1-7(18)10(19)8(2-15)23-6-22-5-13(4-17)12(21)11(20)9(3-16)24-13/h7-12,14-21H,1-6H2/t7?,8?,9-,10+,11+,12?,13+/m1/s1. The predicted molar refractivity (Wildman–Crippen MR) is 75.7 cm³/mol. The molecular formula is C13H26O11. The second-order valence-electron chi connectivity index (χ2n) is 5.59. The predicted octanol–water partition coefficient (Wildman–Crippen LogP) is -5.10. The highest BCUT2D eigenvalue weighted by atomic mass is 16.7. The fourth-order valence-corrected chi connectivity index (χ4v) is 2.36. The van der Waals surface area contributed by atoms with Crippen LogP contribution in [-0.2, 0) is 14.2 Å². The molecule has 0 aromatic carbocycles. The summed E-state index contributed by atoms with van der Waals surface area (Å²) in [6, 6.07) is 0. The highest BCUT2D eigenvalue weighted by Crippen LogP contribution is 2.31. The molecule has 1 aliphatic rings. The lowest BCUT2D eigenvalue weighted by Crippen LogP contribution is -2.50. The molecule has 0 spiro atoms. The molecule has 1 fully saturated rings. The summed E-state index contributed by atoms with van der Waals surface area (Å²) < 4.78 is 15.4. The molecule has 1 heterocycles. The van der Waals surface area contributed by atoms with Crippen molar-refractivity contribution >= 4 is 0 Å². The highest BCUT2D eigenvalue weighted by molar-refractivity contribution is 5.02. The Hall–Kier alpha value is -0.440. The lowest BCUT2D eigenvalue weighted by Gasteiger charge is -2.30. The monoisotopic (exact) mass is 358 g/mol. The van der Waals surface area contributed by atoms with Gasteiger partial charge in [-0.3, -0.25) is 0 Å². The van der Waals surface area contributed by atoms with E-state index >= 15 is 0 Å². The lowest BCUT2D eigenvalue weighted by atomic mass is 9.96. The molecule has 0 bridgehead atoms. The van der Waals surface area contributed by atoms with Crippen molar-refractivity contribution in [2.24, 2.45) is 0 Å². The summed E-state index contributed by atoms with van der Waals surface area (Å²) in [6.45, 7) is -3.55. The van der Waals surface area contributed by atoms with Gasteiger partial charge in [-0.1, -0.05) is 0 Å². The molecule has 24 heavy (non-hydrogen) atoms. The minimum atomic E-state index is -1.66. The van der Waals surface area contributed by atoms with Gasteiger partial charge in [0, 0.05) is 0 Å². The Labute approximate surface area is 138 Å². The number of hydrogen-bond donors (Lipinski definition) is 8. The normalized spacial score (nSPS) is 34.2. The molecule has 0 aromatic rings. The minimum Gasteiger partial charge on any atom is -0.394 e. The Morgan fingerprint density at radius 3 is 2.17 bits per heavy atom. The van der Waals surface area contributed by atoms with Crippen LogP contribution in [0.1, 0.15) is 0 Å². The van der Waals surface area contributed by atoms with E-state index in [0.29, 0.717) is 0 Å². The molecule has 11 nitrogen and oxygen atoms in total. The van der Waals surface area contributed by atoms with E-state index in [9.17, 15) is 25.5 Å². The van der Waals surface area contributed by atoms with Crippen LogP contribution in [0, 0.1) is 0 Å². The minimum absolute atomic E-state index is 0.408. The summed E-state index contributed by atoms with van der Waals surface area (Å²) in [5.41, 5.74) is -1.66. The van der Waals surface area contributed by atoms with Crippen molar-refractivity contribution in [3.8, 4) is 0 Å². The van der Waals surface area contributed by atoms with Gasteiger partial charge in [-0.05, 0) is 0 Å². The van der Waals surface area contributed by atoms with Gasteiger partial charge in [0.25, 0.3) is 0 Å². The summed E-state index contributed by atoms with van der Waals surface area (Å²) in [7, 11) is 0. The van der Waals surface area contributed by atoms with E-state index in [-0.39, 0.29) is 0 Å². The fraction of sp³-hybridized carbons (Fsp3) is 1.00. The molecule has 11 heteroatoms. The first-order valence-corrected chi connectivity index (χ1v) is 7.39. The fourth-order valence-electron chi connectivity index (χ4n) is 2.36. The third-order valence-electron chi connectivity index (χ3n) is 3.93. The molecule has 0 aromatic heterocycles. The van der Waals surface area contributed by atoms with Crippen molar-refractivity contribution in [1.82, 2.24) is 0 Å². The maximum absolute atomic E-state index is 9.95. The Bertz CT molecular complexity index is 357. The zero-order valence-corrected chi connectivity index (χ0v) is 13.0. The molecule has 1 rings (SSSR count). The molecule has 1 aliphatic heterocycles. The average Bonchev–Trinajstić information content (AvgIpc) is 2.85. The second kappa shape index (κ2) is 9.89. The van der Waals surface area contributed by atoms with E-state index in [1.54, 1.807) is 0 Å². The van der Waals surface area contributed by atoms with Crippen molar-refractivity contribution in [2.75, 3.05) is 39.8 Å². The number of hydrogen-bond acceptors (Lipinski definition) is 11. The van der Waals surface area contributed by atoms with Crippen LogP contribution in [0.25, 0.3) is 0 Å². The molecular weight excluding hydrogens is 332 g/mol. The molecule has 3 unspecified atom stereocenters. The third-order valence-corrected chi connectivity index (χ3v) is 3.93. The van der Waals surface area contributed by atoms with Crippen LogP contribution in [-0.4, -0.2) is 123 Å². The molecule has 8 N–H and O–H groups in total. The molecule has 7 atom stereocenters. The molecule has 1 saturated heterocycles. The summed E-state index contributed by atoms with van der Waals surface area (Å²) in [5.74, 6) is 0. The van der Waals surface area contributed by atoms with Gasteiger partial charge >= 0.3 is 0 Å². The third kappa shape index (κ3) is 4.80. The second-order valence-corrected chi connectivity index (χ2v) is 5.59. The van der Waals surface area contributed by atoms with Crippen molar-refractivity contribution in [3.63, 3.8) is 0 Å². The first-order chi connectivity index (χ1) is 11.4. The van der Waals surface area contributed by atoms with E-state index in [1.165, 1.54) is 0 Å². The quantitative estimate of drug-likeness (QED) is 0.130. The number of ether oxygens (including phenoxy) is 3. The molecule has 0 aliphatic carbocycles. The van der Waals surface area contributed by atoms with Gasteiger partial charge in [0.2, 0.25) is 0 Å². The van der Waals surface area contributed by atoms with Crippen molar-refractivity contribution in [1.29, 1.82) is 0 Å². The zero-order valence-electron chi connectivity index (χ0n) is 13.0. The topological polar surface area (TPSA) is 190 Å². The Balaban J connectivity index is 2.50. The molecule has 0 amide bonds. The smallest absolute Gasteiger partial charge is 0.147 e. The van der Waals surface area contributed by atoms with Gasteiger partial charge in [0.1, 0.15) is 49.0 Å². The highest BCUT2D eigenvalue weighted by Gasteiger charge is 2.53. The summed E-state index contributed by atoms with van der Waals surface area (Å²) in [4.78, 5) is 0. The Morgan fingerprint density at radius 1 is 1.04 bits per heavy atom. The largest absolute Gasteiger partial charge is 0.394 e. The van der Waals surface area contributed by atoms with Crippen LogP contribution in [0.15, 0.2) is 0 Å². The number of aliphatic hydroxyl groups is 8. The van der Waals surface area contributed by atoms with Gasteiger partial charge in [0.05, 0.1) is 33.0 Å². The van der Waals surface area contributed by atoms with E-state index in [2.05, 4.69) is 0 Å². The molecule has 0 radical (unpaired) electrons. The van der Waals surface area contributed by atoms with E-state index in [4.69, 9.17) is 29.5 Å². The van der Waals surface area contributed by atoms with E-state index in [1.807, 2.05) is 0 Å². The van der Waals surface area contributed by atoms with Crippen molar-refractivity contribution in [2.45, 2.75) is 42.2 Å². The first kappa shape index (κ1) is 21.6. The Morgan fingerprint density at radius 2 is 1.71 bits per heavy atom. The van der Waals surface area contributed by atoms with Crippen LogP contribution < -0.4 is 0 Å². The van der Waals surface area contributed by atoms with Gasteiger partial charge < -0.3 is 55.1 Å². The van der Waals surface area contributed by atoms with Crippen LogP contribution in [0.3, 0.4) is 0 Å². The summed E-state index contributed by atoms with van der Waals surface area (Å²) >= 11 is 0. The van der Waals surface area contributed by atoms with Gasteiger partial charge in [-0.15, -0.1) is 0 Å². The lowest BCUT2D eigenvalue weighted by molar-refractivity contribution is -0.200. The van der Waals surface area contributed by atoms with Gasteiger partial charge in [-0.2, -0.15) is 0 Å². The number of aliphatic hydroxyl groups excluding tert-OH is 8. The zero-order chi connectivity index (χ0) is 18.3. The SMILES string of the molecule is OCC(O)[C@H](O)C(CO)OCOC[C@]1(CO)O[C@H](CO)[C@H](O)C1O. The van der Waals surface area contributed by atoms with Crippen LogP contribution >= 0.6 is 0 Å². The van der Waals surface area contributed by atoms with Crippen molar-refractivity contribution < 1.29 is 55.1 Å². The van der Waals surface area contributed by atoms with Crippen LogP contribution in [0.5, 0.6) is 0 Å². The maximum Gasteiger partial charge on any atom is 0.147 e. The van der Waals surface area contributed by atoms with Gasteiger partial charge in [0.15, 0.2) is 0 Å². The van der Waals surface area contributed by atoms with E-state index < -0.39 is 82.1 Å². The van der Waals surface area contributed by atoms with E-state index in [0.717, 1.165) is 0 Å². The maximum atomic E-state index is 9.95. The summed E-state index contributed by atoms with van der Waals surface area (Å²) in [5, 5.41) is 74.9. The molecule has 0 saturated carbocycles. The Kier molecular flexibility index (Phi) is 8.90.